The van der Waals surface area contributed by atoms with Crippen LogP contribution in [0.5, 0.6) is 0 Å². The molecule has 0 aromatic carbocycles. The number of carbonyl (C=O) groups excluding carboxylic acids is 1. The standard InChI is InChI=1S/C11H21N3O5S/c1-18-11(15)8-10-9-14(6-7-19-10)20(16,17)13-4-2-12-3-5-13/h10,12H,2-9H2,1H3. The van der Waals surface area contributed by atoms with Crippen molar-refractivity contribution in [2.75, 3.05) is 53.0 Å². The third-order valence-electron chi connectivity index (χ3n) is 3.45. The summed E-state index contributed by atoms with van der Waals surface area (Å²) in [6.07, 6.45) is -0.363. The number of nitrogens with one attached hydrogen (secondary N) is 1. The Morgan fingerprint density at radius 1 is 1.30 bits per heavy atom. The van der Waals surface area contributed by atoms with Gasteiger partial charge in [0, 0.05) is 39.3 Å². The predicted octanol–water partition coefficient (Wildman–Crippen LogP) is -1.60. The number of methoxy groups -OCH3 is 1. The second-order valence-electron chi connectivity index (χ2n) is 4.79. The van der Waals surface area contributed by atoms with E-state index in [0.717, 1.165) is 0 Å². The molecule has 1 atom stereocenters. The summed E-state index contributed by atoms with van der Waals surface area (Å²) < 4.78 is 37.9. The van der Waals surface area contributed by atoms with Crippen molar-refractivity contribution in [2.45, 2.75) is 12.5 Å². The highest BCUT2D eigenvalue weighted by Crippen LogP contribution is 2.16. The van der Waals surface area contributed by atoms with Crippen molar-refractivity contribution < 1.29 is 22.7 Å². The maximum atomic E-state index is 12.5. The van der Waals surface area contributed by atoms with Gasteiger partial charge in [-0.3, -0.25) is 4.79 Å². The molecule has 2 fully saturated rings. The summed E-state index contributed by atoms with van der Waals surface area (Å²) in [5.41, 5.74) is 0. The summed E-state index contributed by atoms with van der Waals surface area (Å²) >= 11 is 0. The fraction of sp³-hybridized carbons (Fsp3) is 0.909. The topological polar surface area (TPSA) is 88.2 Å². The molecule has 0 aliphatic carbocycles. The number of nitrogens with zero attached hydrogens (tertiary/aromatic N) is 2. The smallest absolute Gasteiger partial charge is 0.308 e. The molecule has 2 aliphatic heterocycles. The molecule has 1 unspecified atom stereocenters. The van der Waals surface area contributed by atoms with Crippen molar-refractivity contribution in [3.8, 4) is 0 Å². The predicted molar refractivity (Wildman–Crippen MR) is 71.3 cm³/mol. The first-order chi connectivity index (χ1) is 9.54. The highest BCUT2D eigenvalue weighted by atomic mass is 32.2. The fourth-order valence-electron chi connectivity index (χ4n) is 2.33. The van der Waals surface area contributed by atoms with Crippen molar-refractivity contribution >= 4 is 16.2 Å². The van der Waals surface area contributed by atoms with Gasteiger partial charge in [-0.05, 0) is 0 Å². The van der Waals surface area contributed by atoms with E-state index in [0.29, 0.717) is 39.3 Å². The molecule has 1 N–H and O–H groups in total. The Hall–Kier alpha value is -0.740. The molecule has 2 saturated heterocycles. The molecule has 116 valence electrons. The van der Waals surface area contributed by atoms with E-state index in [2.05, 4.69) is 10.1 Å². The molecule has 0 bridgehead atoms. The van der Waals surface area contributed by atoms with Gasteiger partial charge in [-0.25, -0.2) is 0 Å². The summed E-state index contributed by atoms with van der Waals surface area (Å²) in [6, 6.07) is 0. The number of hydrogen-bond donors (Lipinski definition) is 1. The van der Waals surface area contributed by atoms with Gasteiger partial charge in [0.2, 0.25) is 0 Å². The minimum Gasteiger partial charge on any atom is -0.469 e. The van der Waals surface area contributed by atoms with Crippen molar-refractivity contribution in [3.63, 3.8) is 0 Å². The Bertz CT molecular complexity index is 435. The molecular weight excluding hydrogens is 286 g/mol. The number of esters is 1. The molecule has 0 saturated carbocycles. The lowest BCUT2D eigenvalue weighted by molar-refractivity contribution is -0.145. The van der Waals surface area contributed by atoms with E-state index in [-0.39, 0.29) is 13.0 Å². The number of hydrogen-bond acceptors (Lipinski definition) is 6. The maximum Gasteiger partial charge on any atom is 0.308 e. The fourth-order valence-corrected chi connectivity index (χ4v) is 3.96. The Labute approximate surface area is 119 Å². The second-order valence-corrected chi connectivity index (χ2v) is 6.72. The first-order valence-electron chi connectivity index (χ1n) is 6.68. The normalized spacial score (nSPS) is 26.4. The third-order valence-corrected chi connectivity index (χ3v) is 5.45. The number of morpholine rings is 1. The van der Waals surface area contributed by atoms with Crippen LogP contribution in [0.25, 0.3) is 0 Å². The van der Waals surface area contributed by atoms with Crippen LogP contribution in [0.1, 0.15) is 6.42 Å². The molecule has 2 heterocycles. The molecule has 0 radical (unpaired) electrons. The van der Waals surface area contributed by atoms with Gasteiger partial charge in [-0.15, -0.1) is 0 Å². The second kappa shape index (κ2) is 6.81. The van der Waals surface area contributed by atoms with Crippen LogP contribution in [-0.2, 0) is 24.5 Å². The van der Waals surface area contributed by atoms with Crippen molar-refractivity contribution in [1.82, 2.24) is 13.9 Å². The SMILES string of the molecule is COC(=O)CC1CN(S(=O)(=O)N2CCNCC2)CCO1. The van der Waals surface area contributed by atoms with Crippen LogP contribution in [0.15, 0.2) is 0 Å². The van der Waals surface area contributed by atoms with Gasteiger partial charge in [-0.1, -0.05) is 0 Å². The van der Waals surface area contributed by atoms with Crippen LogP contribution in [0.4, 0.5) is 0 Å². The molecule has 0 aromatic rings. The maximum absolute atomic E-state index is 12.5. The summed E-state index contributed by atoms with van der Waals surface area (Å²) in [6.45, 7) is 3.09. The lowest BCUT2D eigenvalue weighted by Gasteiger charge is -2.36. The molecule has 20 heavy (non-hydrogen) atoms. The summed E-state index contributed by atoms with van der Waals surface area (Å²) in [4.78, 5) is 11.2. The quantitative estimate of drug-likeness (QED) is 0.629. The van der Waals surface area contributed by atoms with E-state index in [1.807, 2.05) is 0 Å². The third kappa shape index (κ3) is 3.67. The first-order valence-corrected chi connectivity index (χ1v) is 8.08. The van der Waals surface area contributed by atoms with Crippen LogP contribution in [0.2, 0.25) is 0 Å². The van der Waals surface area contributed by atoms with Gasteiger partial charge in [0.15, 0.2) is 0 Å². The van der Waals surface area contributed by atoms with Gasteiger partial charge in [-0.2, -0.15) is 17.0 Å². The van der Waals surface area contributed by atoms with Gasteiger partial charge in [0.25, 0.3) is 10.2 Å². The Balaban J connectivity index is 1.98. The van der Waals surface area contributed by atoms with E-state index in [1.165, 1.54) is 15.7 Å². The van der Waals surface area contributed by atoms with E-state index in [4.69, 9.17) is 4.74 Å². The van der Waals surface area contributed by atoms with Gasteiger partial charge in [0.05, 0.1) is 26.2 Å². The number of ether oxygens (including phenoxy) is 2. The minimum absolute atomic E-state index is 0.0735. The van der Waals surface area contributed by atoms with E-state index in [9.17, 15) is 13.2 Å². The highest BCUT2D eigenvalue weighted by Gasteiger charge is 2.35. The average Bonchev–Trinajstić information content (AvgIpc) is 2.48. The van der Waals surface area contributed by atoms with Crippen LogP contribution in [0, 0.1) is 0 Å². The van der Waals surface area contributed by atoms with Crippen LogP contribution in [0.3, 0.4) is 0 Å². The van der Waals surface area contributed by atoms with Crippen molar-refractivity contribution in [2.24, 2.45) is 0 Å². The lowest BCUT2D eigenvalue weighted by Crippen LogP contribution is -2.55. The molecule has 2 rings (SSSR count). The van der Waals surface area contributed by atoms with Crippen LogP contribution < -0.4 is 5.32 Å². The number of rotatable bonds is 4. The molecular formula is C11H21N3O5S. The van der Waals surface area contributed by atoms with E-state index >= 15 is 0 Å². The lowest BCUT2D eigenvalue weighted by atomic mass is 10.2. The summed E-state index contributed by atoms with van der Waals surface area (Å²) in [5.74, 6) is -0.392. The van der Waals surface area contributed by atoms with Gasteiger partial charge < -0.3 is 14.8 Å². The van der Waals surface area contributed by atoms with E-state index in [1.54, 1.807) is 0 Å². The molecule has 8 nitrogen and oxygen atoms in total. The zero-order valence-corrected chi connectivity index (χ0v) is 12.4. The van der Waals surface area contributed by atoms with Gasteiger partial charge >= 0.3 is 5.97 Å². The monoisotopic (exact) mass is 307 g/mol. The highest BCUT2D eigenvalue weighted by molar-refractivity contribution is 7.86. The molecule has 2 aliphatic rings. The molecule has 0 aromatic heterocycles. The first kappa shape index (κ1) is 15.6. The zero-order valence-electron chi connectivity index (χ0n) is 11.6. The van der Waals surface area contributed by atoms with Crippen molar-refractivity contribution in [1.29, 1.82) is 0 Å². The minimum atomic E-state index is -3.47. The molecule has 0 amide bonds. The van der Waals surface area contributed by atoms with E-state index < -0.39 is 22.3 Å². The largest absolute Gasteiger partial charge is 0.469 e. The zero-order chi connectivity index (χ0) is 14.6. The Morgan fingerprint density at radius 3 is 2.65 bits per heavy atom. The summed E-state index contributed by atoms with van der Waals surface area (Å²) in [5, 5.41) is 3.12. The van der Waals surface area contributed by atoms with Crippen LogP contribution >= 0.6 is 0 Å². The molecule has 0 spiro atoms. The van der Waals surface area contributed by atoms with Crippen LogP contribution in [-0.4, -0.2) is 82.1 Å². The van der Waals surface area contributed by atoms with Gasteiger partial charge in [0.1, 0.15) is 0 Å². The number of carbonyl (C=O) groups is 1. The Morgan fingerprint density at radius 2 is 2.00 bits per heavy atom. The van der Waals surface area contributed by atoms with Crippen molar-refractivity contribution in [3.05, 3.63) is 0 Å². The number of piperazine rings is 1. The Kier molecular flexibility index (Phi) is 5.33. The summed E-state index contributed by atoms with van der Waals surface area (Å²) in [7, 11) is -2.16. The molecule has 9 heteroatoms. The average molecular weight is 307 g/mol.